The van der Waals surface area contributed by atoms with Gasteiger partial charge in [-0.3, -0.25) is 24.0 Å². The molecule has 206 valence electrons. The van der Waals surface area contributed by atoms with Crippen LogP contribution in [-0.4, -0.2) is 54.9 Å². The van der Waals surface area contributed by atoms with Crippen LogP contribution in [0.15, 0.2) is 48.5 Å². The Morgan fingerprint density at radius 1 is 1.11 bits per heavy atom. The molecule has 0 bridgehead atoms. The molecule has 10 nitrogen and oxygen atoms in total. The van der Waals surface area contributed by atoms with Gasteiger partial charge in [0, 0.05) is 24.7 Å². The second-order valence-corrected chi connectivity index (χ2v) is 11.7. The molecule has 0 aromatic heterocycles. The van der Waals surface area contributed by atoms with Crippen LogP contribution in [0.2, 0.25) is 0 Å². The number of carbonyl (C=O) groups excluding carboxylic acids is 2. The maximum absolute atomic E-state index is 13.8. The van der Waals surface area contributed by atoms with Gasteiger partial charge in [0.1, 0.15) is 12.6 Å². The molecule has 11 heteroatoms. The van der Waals surface area contributed by atoms with E-state index >= 15 is 0 Å². The van der Waals surface area contributed by atoms with E-state index in [9.17, 15) is 28.1 Å². The van der Waals surface area contributed by atoms with Crippen molar-refractivity contribution in [1.82, 2.24) is 10.2 Å². The van der Waals surface area contributed by atoms with Gasteiger partial charge in [-0.25, -0.2) is 8.42 Å². The third-order valence-electron chi connectivity index (χ3n) is 6.82. The summed E-state index contributed by atoms with van der Waals surface area (Å²) in [6.45, 7) is 3.28. The lowest BCUT2D eigenvalue weighted by Crippen LogP contribution is -2.53. The second-order valence-electron chi connectivity index (χ2n) is 9.82. The topological polar surface area (TPSA) is 130 Å². The number of amides is 2. The fourth-order valence-corrected chi connectivity index (χ4v) is 5.57. The van der Waals surface area contributed by atoms with Crippen molar-refractivity contribution in [1.29, 1.82) is 0 Å². The van der Waals surface area contributed by atoms with Crippen LogP contribution < -0.4 is 9.62 Å². The summed E-state index contributed by atoms with van der Waals surface area (Å²) in [6, 6.07) is 11.9. The van der Waals surface area contributed by atoms with Crippen molar-refractivity contribution >= 4 is 33.2 Å². The fourth-order valence-electron chi connectivity index (χ4n) is 4.73. The Hall–Kier alpha value is -3.47. The largest absolute Gasteiger partial charge is 0.352 e. The van der Waals surface area contributed by atoms with Gasteiger partial charge >= 0.3 is 0 Å². The molecule has 2 amide bonds. The number of benzene rings is 2. The first-order chi connectivity index (χ1) is 18.0. The normalized spacial score (nSPS) is 14.9. The quantitative estimate of drug-likeness (QED) is 0.337. The van der Waals surface area contributed by atoms with Crippen molar-refractivity contribution in [2.24, 2.45) is 0 Å². The Kier molecular flexibility index (Phi) is 9.84. The van der Waals surface area contributed by atoms with Crippen LogP contribution >= 0.6 is 0 Å². The molecule has 1 saturated carbocycles. The summed E-state index contributed by atoms with van der Waals surface area (Å²) in [6.07, 6.45) is 6.29. The number of non-ortho nitro benzene ring substituents is 1. The minimum absolute atomic E-state index is 0.00467. The van der Waals surface area contributed by atoms with Crippen LogP contribution in [0.25, 0.3) is 0 Å². The molecule has 0 heterocycles. The standard InChI is InChI=1S/C27H36N4O6S/c1-4-25(27(33)28-22-9-6-5-7-10-22)29(18-21-15-13-20(2)14-16-21)26(32)19-30(38(3,36)37)23-11-8-12-24(17-23)31(34)35/h8,11-17,22,25H,4-7,9-10,18-19H2,1-3H3,(H,28,33). The summed E-state index contributed by atoms with van der Waals surface area (Å²) in [4.78, 5) is 39.2. The maximum atomic E-state index is 13.8. The average Bonchev–Trinajstić information content (AvgIpc) is 2.88. The fraction of sp³-hybridized carbons (Fsp3) is 0.481. The molecule has 1 atom stereocenters. The summed E-state index contributed by atoms with van der Waals surface area (Å²) in [5, 5.41) is 14.4. The van der Waals surface area contributed by atoms with Crippen molar-refractivity contribution < 1.29 is 22.9 Å². The first-order valence-corrected chi connectivity index (χ1v) is 14.7. The lowest BCUT2D eigenvalue weighted by molar-refractivity contribution is -0.384. The molecule has 38 heavy (non-hydrogen) atoms. The van der Waals surface area contributed by atoms with E-state index in [1.165, 1.54) is 23.1 Å². The Labute approximate surface area is 224 Å². The van der Waals surface area contributed by atoms with E-state index in [1.807, 2.05) is 38.1 Å². The predicted octanol–water partition coefficient (Wildman–Crippen LogP) is 3.93. The molecule has 0 spiro atoms. The molecule has 1 unspecified atom stereocenters. The van der Waals surface area contributed by atoms with Crippen LogP contribution in [0.1, 0.15) is 56.6 Å². The Bertz CT molecular complexity index is 1240. The van der Waals surface area contributed by atoms with Gasteiger partial charge in [0.25, 0.3) is 5.69 Å². The zero-order valence-electron chi connectivity index (χ0n) is 22.1. The number of anilines is 1. The molecule has 1 aliphatic rings. The summed E-state index contributed by atoms with van der Waals surface area (Å²) < 4.78 is 26.3. The lowest BCUT2D eigenvalue weighted by atomic mass is 9.95. The molecule has 3 rings (SSSR count). The number of nitro groups is 1. The van der Waals surface area contributed by atoms with Gasteiger partial charge in [-0.1, -0.05) is 62.1 Å². The van der Waals surface area contributed by atoms with Crippen molar-refractivity contribution in [3.8, 4) is 0 Å². The van der Waals surface area contributed by atoms with Crippen molar-refractivity contribution in [3.05, 3.63) is 69.8 Å². The highest BCUT2D eigenvalue weighted by molar-refractivity contribution is 7.92. The van der Waals surface area contributed by atoms with Crippen LogP contribution in [0.3, 0.4) is 0 Å². The van der Waals surface area contributed by atoms with E-state index < -0.39 is 33.4 Å². The number of sulfonamides is 1. The minimum atomic E-state index is -3.98. The summed E-state index contributed by atoms with van der Waals surface area (Å²) in [5.74, 6) is -0.839. The summed E-state index contributed by atoms with van der Waals surface area (Å²) in [5.41, 5.74) is 1.56. The van der Waals surface area contributed by atoms with E-state index in [0.717, 1.165) is 59.9 Å². The van der Waals surface area contributed by atoms with Gasteiger partial charge in [0.15, 0.2) is 0 Å². The van der Waals surface area contributed by atoms with Gasteiger partial charge in [-0.05, 0) is 37.8 Å². The Morgan fingerprint density at radius 3 is 2.34 bits per heavy atom. The van der Waals surface area contributed by atoms with E-state index in [1.54, 1.807) is 0 Å². The second kappa shape index (κ2) is 12.9. The van der Waals surface area contributed by atoms with E-state index in [2.05, 4.69) is 5.32 Å². The van der Waals surface area contributed by atoms with Gasteiger partial charge in [-0.2, -0.15) is 0 Å². The number of hydrogen-bond donors (Lipinski definition) is 1. The van der Waals surface area contributed by atoms with Crippen LogP contribution in [-0.2, 0) is 26.2 Å². The van der Waals surface area contributed by atoms with Crippen LogP contribution in [0.5, 0.6) is 0 Å². The van der Waals surface area contributed by atoms with Gasteiger partial charge in [-0.15, -0.1) is 0 Å². The number of aryl methyl sites for hydroxylation is 1. The number of nitrogens with zero attached hydrogens (tertiary/aromatic N) is 3. The van der Waals surface area contributed by atoms with E-state index in [4.69, 9.17) is 0 Å². The molecule has 2 aromatic rings. The number of rotatable bonds is 11. The highest BCUT2D eigenvalue weighted by Gasteiger charge is 2.33. The van der Waals surface area contributed by atoms with Crippen molar-refractivity contribution in [2.45, 2.75) is 71.0 Å². The van der Waals surface area contributed by atoms with E-state index in [-0.39, 0.29) is 29.9 Å². The maximum Gasteiger partial charge on any atom is 0.271 e. The molecular weight excluding hydrogens is 508 g/mol. The average molecular weight is 545 g/mol. The zero-order valence-corrected chi connectivity index (χ0v) is 22.9. The number of carbonyl (C=O) groups is 2. The van der Waals surface area contributed by atoms with Gasteiger partial charge in [0.05, 0.1) is 16.9 Å². The number of hydrogen-bond acceptors (Lipinski definition) is 6. The van der Waals surface area contributed by atoms with Crippen molar-refractivity contribution in [2.75, 3.05) is 17.1 Å². The summed E-state index contributed by atoms with van der Waals surface area (Å²) in [7, 11) is -3.98. The third-order valence-corrected chi connectivity index (χ3v) is 7.96. The third kappa shape index (κ3) is 7.77. The highest BCUT2D eigenvalue weighted by atomic mass is 32.2. The molecule has 1 fully saturated rings. The first-order valence-electron chi connectivity index (χ1n) is 12.9. The Morgan fingerprint density at radius 2 is 1.76 bits per heavy atom. The SMILES string of the molecule is CCC(C(=O)NC1CCCCC1)N(Cc1ccc(C)cc1)C(=O)CN(c1cccc([N+](=O)[O-])c1)S(C)(=O)=O. The molecule has 1 N–H and O–H groups in total. The van der Waals surface area contributed by atoms with Crippen LogP contribution in [0, 0.1) is 17.0 Å². The van der Waals surface area contributed by atoms with Gasteiger partial charge in [0.2, 0.25) is 21.8 Å². The monoisotopic (exact) mass is 544 g/mol. The zero-order chi connectivity index (χ0) is 27.9. The van der Waals surface area contributed by atoms with Gasteiger partial charge < -0.3 is 10.2 Å². The molecular formula is C27H36N4O6S. The molecule has 0 saturated heterocycles. The Balaban J connectivity index is 1.93. The number of nitrogens with one attached hydrogen (secondary N) is 1. The highest BCUT2D eigenvalue weighted by Crippen LogP contribution is 2.24. The molecule has 2 aromatic carbocycles. The van der Waals surface area contributed by atoms with E-state index in [0.29, 0.717) is 6.42 Å². The molecule has 0 aliphatic heterocycles. The minimum Gasteiger partial charge on any atom is -0.352 e. The molecule has 1 aliphatic carbocycles. The molecule has 0 radical (unpaired) electrons. The lowest BCUT2D eigenvalue weighted by Gasteiger charge is -2.34. The summed E-state index contributed by atoms with van der Waals surface area (Å²) >= 11 is 0. The van der Waals surface area contributed by atoms with Crippen LogP contribution in [0.4, 0.5) is 11.4 Å². The predicted molar refractivity (Wildman–Crippen MR) is 146 cm³/mol. The smallest absolute Gasteiger partial charge is 0.271 e. The van der Waals surface area contributed by atoms with Crippen molar-refractivity contribution in [3.63, 3.8) is 0 Å². The number of nitro benzene ring substituents is 1. The first kappa shape index (κ1) is 29.1.